The summed E-state index contributed by atoms with van der Waals surface area (Å²) in [5.74, 6) is 1.55. The summed E-state index contributed by atoms with van der Waals surface area (Å²) in [6.45, 7) is 6.27. The van der Waals surface area contributed by atoms with Crippen molar-refractivity contribution >= 4 is 11.6 Å². The SMILES string of the molecule is CC(C)C(=O)Nc1cccc(C2CCN(Cc3ccc(-c4ccc(OC(F)(F)F)cc4)o3)CC2)c1. The Morgan fingerprint density at radius 1 is 1.09 bits per heavy atom. The molecule has 0 bridgehead atoms. The summed E-state index contributed by atoms with van der Waals surface area (Å²) in [4.78, 5) is 14.3. The molecule has 1 saturated heterocycles. The van der Waals surface area contributed by atoms with Crippen molar-refractivity contribution in [2.24, 2.45) is 5.92 Å². The number of benzene rings is 2. The first-order valence-electron chi connectivity index (χ1n) is 11.7. The van der Waals surface area contributed by atoms with E-state index in [0.717, 1.165) is 37.4 Å². The van der Waals surface area contributed by atoms with Crippen LogP contribution in [0.1, 0.15) is 43.9 Å². The number of ether oxygens (including phenoxy) is 1. The molecule has 8 heteroatoms. The van der Waals surface area contributed by atoms with Gasteiger partial charge in [0, 0.05) is 17.2 Å². The van der Waals surface area contributed by atoms with Gasteiger partial charge < -0.3 is 14.5 Å². The van der Waals surface area contributed by atoms with Gasteiger partial charge in [0.25, 0.3) is 0 Å². The second-order valence-electron chi connectivity index (χ2n) is 9.16. The van der Waals surface area contributed by atoms with Gasteiger partial charge in [0.15, 0.2) is 0 Å². The molecule has 0 saturated carbocycles. The third-order valence-corrected chi connectivity index (χ3v) is 6.15. The molecule has 3 aromatic rings. The molecule has 5 nitrogen and oxygen atoms in total. The van der Waals surface area contributed by atoms with E-state index >= 15 is 0 Å². The van der Waals surface area contributed by atoms with Crippen LogP contribution in [0.4, 0.5) is 18.9 Å². The number of hydrogen-bond donors (Lipinski definition) is 1. The summed E-state index contributed by atoms with van der Waals surface area (Å²) in [6, 6.07) is 17.5. The van der Waals surface area contributed by atoms with Gasteiger partial charge in [0.1, 0.15) is 17.3 Å². The summed E-state index contributed by atoms with van der Waals surface area (Å²) in [6.07, 6.45) is -2.69. The minimum absolute atomic E-state index is 0.0142. The van der Waals surface area contributed by atoms with Crippen molar-refractivity contribution in [3.8, 4) is 17.1 Å². The zero-order valence-electron chi connectivity index (χ0n) is 19.8. The van der Waals surface area contributed by atoms with Crippen LogP contribution in [-0.4, -0.2) is 30.3 Å². The van der Waals surface area contributed by atoms with Crippen LogP contribution in [0.25, 0.3) is 11.3 Å². The fourth-order valence-corrected chi connectivity index (χ4v) is 4.24. The van der Waals surface area contributed by atoms with E-state index < -0.39 is 6.36 Å². The van der Waals surface area contributed by atoms with Gasteiger partial charge in [-0.25, -0.2) is 0 Å². The Morgan fingerprint density at radius 3 is 2.46 bits per heavy atom. The molecule has 0 unspecified atom stereocenters. The van der Waals surface area contributed by atoms with Crippen molar-refractivity contribution in [2.75, 3.05) is 18.4 Å². The number of rotatable bonds is 7. The minimum Gasteiger partial charge on any atom is -0.460 e. The fourth-order valence-electron chi connectivity index (χ4n) is 4.24. The van der Waals surface area contributed by atoms with Crippen LogP contribution in [0.15, 0.2) is 65.1 Å². The zero-order chi connectivity index (χ0) is 25.0. The van der Waals surface area contributed by atoms with E-state index in [2.05, 4.69) is 27.1 Å². The van der Waals surface area contributed by atoms with Crippen molar-refractivity contribution in [1.82, 2.24) is 4.90 Å². The molecule has 0 radical (unpaired) electrons. The summed E-state index contributed by atoms with van der Waals surface area (Å²) < 4.78 is 46.9. The monoisotopic (exact) mass is 486 g/mol. The van der Waals surface area contributed by atoms with E-state index in [0.29, 0.717) is 23.8 Å². The van der Waals surface area contributed by atoms with E-state index in [1.165, 1.54) is 17.7 Å². The smallest absolute Gasteiger partial charge is 0.460 e. The Bertz CT molecular complexity index is 1130. The molecular formula is C27H29F3N2O3. The first-order chi connectivity index (χ1) is 16.7. The summed E-state index contributed by atoms with van der Waals surface area (Å²) >= 11 is 0. The van der Waals surface area contributed by atoms with Crippen molar-refractivity contribution in [3.63, 3.8) is 0 Å². The standard InChI is InChI=1S/C27H29F3N2O3/c1-18(2)26(33)31-22-5-3-4-21(16-22)19-12-14-32(15-13-19)17-24-10-11-25(34-24)20-6-8-23(9-7-20)35-27(28,29)30/h3-11,16,18-19H,12-15,17H2,1-2H3,(H,31,33). The molecule has 1 aromatic heterocycles. The maximum absolute atomic E-state index is 12.3. The second kappa shape index (κ2) is 10.6. The lowest BCUT2D eigenvalue weighted by Crippen LogP contribution is -2.32. The van der Waals surface area contributed by atoms with Gasteiger partial charge in [0.05, 0.1) is 6.54 Å². The highest BCUT2D eigenvalue weighted by molar-refractivity contribution is 5.92. The molecule has 1 amide bonds. The highest BCUT2D eigenvalue weighted by Crippen LogP contribution is 2.32. The molecular weight excluding hydrogens is 457 g/mol. The molecule has 1 N–H and O–H groups in total. The van der Waals surface area contributed by atoms with Crippen LogP contribution in [0.5, 0.6) is 5.75 Å². The van der Waals surface area contributed by atoms with Gasteiger partial charge in [-0.2, -0.15) is 0 Å². The molecule has 186 valence electrons. The highest BCUT2D eigenvalue weighted by Gasteiger charge is 2.31. The third kappa shape index (κ3) is 6.88. The Labute approximate surface area is 202 Å². The van der Waals surface area contributed by atoms with Crippen LogP contribution in [0, 0.1) is 5.92 Å². The minimum atomic E-state index is -4.71. The van der Waals surface area contributed by atoms with E-state index in [-0.39, 0.29) is 17.6 Å². The van der Waals surface area contributed by atoms with Crippen molar-refractivity contribution in [1.29, 1.82) is 0 Å². The zero-order valence-corrected chi connectivity index (χ0v) is 19.8. The van der Waals surface area contributed by atoms with E-state index in [9.17, 15) is 18.0 Å². The molecule has 1 aliphatic heterocycles. The number of carbonyl (C=O) groups is 1. The predicted octanol–water partition coefficient (Wildman–Crippen LogP) is 6.82. The number of furan rings is 1. The molecule has 4 rings (SSSR count). The largest absolute Gasteiger partial charge is 0.573 e. The maximum atomic E-state index is 12.3. The number of piperidine rings is 1. The first kappa shape index (κ1) is 24.9. The van der Waals surface area contributed by atoms with Crippen LogP contribution >= 0.6 is 0 Å². The van der Waals surface area contributed by atoms with Crippen molar-refractivity contribution in [2.45, 2.75) is 45.5 Å². The maximum Gasteiger partial charge on any atom is 0.573 e. The van der Waals surface area contributed by atoms with Gasteiger partial charge in [-0.3, -0.25) is 9.69 Å². The molecule has 35 heavy (non-hydrogen) atoms. The fraction of sp³-hybridized carbons (Fsp3) is 0.370. The Hall–Kier alpha value is -3.26. The van der Waals surface area contributed by atoms with Gasteiger partial charge >= 0.3 is 6.36 Å². The number of amides is 1. The molecule has 1 fully saturated rings. The summed E-state index contributed by atoms with van der Waals surface area (Å²) in [5, 5.41) is 2.97. The number of halogens is 3. The second-order valence-corrected chi connectivity index (χ2v) is 9.16. The van der Waals surface area contributed by atoms with Crippen LogP contribution < -0.4 is 10.1 Å². The molecule has 2 aromatic carbocycles. The van der Waals surface area contributed by atoms with E-state index in [1.54, 1.807) is 12.1 Å². The van der Waals surface area contributed by atoms with Gasteiger partial charge in [-0.15, -0.1) is 13.2 Å². The topological polar surface area (TPSA) is 54.7 Å². The van der Waals surface area contributed by atoms with Crippen LogP contribution in [0.3, 0.4) is 0 Å². The number of anilines is 1. The highest BCUT2D eigenvalue weighted by atomic mass is 19.4. The quantitative estimate of drug-likeness (QED) is 0.398. The molecule has 0 spiro atoms. The number of likely N-dealkylation sites (tertiary alicyclic amines) is 1. The lowest BCUT2D eigenvalue weighted by Gasteiger charge is -2.31. The third-order valence-electron chi connectivity index (χ3n) is 6.15. The average molecular weight is 487 g/mol. The van der Waals surface area contributed by atoms with Gasteiger partial charge in [-0.1, -0.05) is 26.0 Å². The van der Waals surface area contributed by atoms with Crippen molar-refractivity contribution < 1.29 is 27.1 Å². The molecule has 0 atom stereocenters. The summed E-state index contributed by atoms with van der Waals surface area (Å²) in [7, 11) is 0. The number of nitrogens with zero attached hydrogens (tertiary/aromatic N) is 1. The lowest BCUT2D eigenvalue weighted by atomic mass is 9.89. The predicted molar refractivity (Wildman–Crippen MR) is 128 cm³/mol. The molecule has 2 heterocycles. The van der Waals surface area contributed by atoms with Crippen molar-refractivity contribution in [3.05, 3.63) is 72.0 Å². The Balaban J connectivity index is 1.30. The summed E-state index contributed by atoms with van der Waals surface area (Å²) in [5.41, 5.74) is 2.77. The van der Waals surface area contributed by atoms with Gasteiger partial charge in [0.2, 0.25) is 5.91 Å². The van der Waals surface area contributed by atoms with E-state index in [4.69, 9.17) is 4.42 Å². The molecule has 0 aliphatic carbocycles. The Morgan fingerprint density at radius 2 is 1.80 bits per heavy atom. The van der Waals surface area contributed by atoms with E-state index in [1.807, 2.05) is 38.1 Å². The number of carbonyl (C=O) groups excluding carboxylic acids is 1. The lowest BCUT2D eigenvalue weighted by molar-refractivity contribution is -0.274. The number of nitrogens with one attached hydrogen (secondary N) is 1. The number of alkyl halides is 3. The van der Waals surface area contributed by atoms with Crippen LogP contribution in [-0.2, 0) is 11.3 Å². The normalized spacial score (nSPS) is 15.4. The first-order valence-corrected chi connectivity index (χ1v) is 11.7. The molecule has 1 aliphatic rings. The Kier molecular flexibility index (Phi) is 7.50. The van der Waals surface area contributed by atoms with Crippen LogP contribution in [0.2, 0.25) is 0 Å². The van der Waals surface area contributed by atoms with Gasteiger partial charge in [-0.05, 0) is 85.9 Å². The average Bonchev–Trinajstić information content (AvgIpc) is 3.27. The number of hydrogen-bond acceptors (Lipinski definition) is 4.